The number of carbonyl (C=O) groups excluding carboxylic acids is 1. The van der Waals surface area contributed by atoms with Gasteiger partial charge in [-0.1, -0.05) is 24.3 Å². The van der Waals surface area contributed by atoms with Crippen LogP contribution in [0.4, 0.5) is 11.4 Å². The maximum atomic E-state index is 13.1. The third-order valence-electron chi connectivity index (χ3n) is 5.23. The van der Waals surface area contributed by atoms with Gasteiger partial charge in [-0.3, -0.25) is 10.2 Å². The quantitative estimate of drug-likeness (QED) is 0.411. The van der Waals surface area contributed by atoms with Crippen LogP contribution in [0.3, 0.4) is 0 Å². The van der Waals surface area contributed by atoms with Crippen molar-refractivity contribution in [3.8, 4) is 0 Å². The van der Waals surface area contributed by atoms with Crippen LogP contribution in [0.5, 0.6) is 0 Å². The summed E-state index contributed by atoms with van der Waals surface area (Å²) in [6, 6.07) is 7.24. The van der Waals surface area contributed by atoms with E-state index in [4.69, 9.17) is 20.6 Å². The predicted molar refractivity (Wildman–Crippen MR) is 112 cm³/mol. The normalized spacial score (nSPS) is 12.7. The van der Waals surface area contributed by atoms with Gasteiger partial charge in [-0.05, 0) is 31.4 Å². The number of anilines is 2. The number of rotatable bonds is 8. The van der Waals surface area contributed by atoms with Gasteiger partial charge in [-0.15, -0.1) is 0 Å². The average Bonchev–Trinajstić information content (AvgIpc) is 2.71. The van der Waals surface area contributed by atoms with Crippen molar-refractivity contribution in [3.63, 3.8) is 0 Å². The van der Waals surface area contributed by atoms with E-state index in [1.54, 1.807) is 13.2 Å². The maximum Gasteiger partial charge on any atom is 0.196 e. The topological polar surface area (TPSA) is 97.4 Å². The molecule has 0 spiro atoms. The second kappa shape index (κ2) is 8.54. The smallest absolute Gasteiger partial charge is 0.196 e. The molecule has 4 N–H and O–H groups in total. The van der Waals surface area contributed by atoms with Gasteiger partial charge >= 0.3 is 0 Å². The first kappa shape index (κ1) is 20.0. The molecule has 0 aliphatic heterocycles. The standard InChI is InChI=1S/C22H27N3O3/c1-13-14(2)21(25-9-6-10-28-12-11-27-3)17-18(19(13)23)22(26)16-8-5-4-7-15(16)20(17)24/h4-5,7-8,24-25H,6,9-12,23H2,1-3H3. The van der Waals surface area contributed by atoms with E-state index in [0.29, 0.717) is 60.0 Å². The van der Waals surface area contributed by atoms with Gasteiger partial charge in [0, 0.05) is 48.3 Å². The molecule has 6 heteroatoms. The Kier molecular flexibility index (Phi) is 6.11. The fraction of sp³-hybridized carbons (Fsp3) is 0.364. The van der Waals surface area contributed by atoms with E-state index in [1.807, 2.05) is 32.0 Å². The summed E-state index contributed by atoms with van der Waals surface area (Å²) in [6.45, 7) is 6.33. The zero-order valence-corrected chi connectivity index (χ0v) is 16.6. The largest absolute Gasteiger partial charge is 0.398 e. The number of nitrogens with one attached hydrogen (secondary N) is 2. The molecule has 28 heavy (non-hydrogen) atoms. The summed E-state index contributed by atoms with van der Waals surface area (Å²) in [5.74, 6) is -0.117. The van der Waals surface area contributed by atoms with Gasteiger partial charge < -0.3 is 20.5 Å². The zero-order chi connectivity index (χ0) is 20.3. The molecular weight excluding hydrogens is 354 g/mol. The van der Waals surface area contributed by atoms with Gasteiger partial charge in [-0.25, -0.2) is 0 Å². The summed E-state index contributed by atoms with van der Waals surface area (Å²) < 4.78 is 10.5. The molecule has 0 bridgehead atoms. The number of ether oxygens (including phenoxy) is 2. The molecule has 2 aromatic rings. The van der Waals surface area contributed by atoms with Crippen molar-refractivity contribution in [2.45, 2.75) is 20.3 Å². The van der Waals surface area contributed by atoms with Gasteiger partial charge in [0.05, 0.1) is 24.5 Å². The van der Waals surface area contributed by atoms with Crippen LogP contribution in [-0.2, 0) is 9.47 Å². The Labute approximate surface area is 165 Å². The van der Waals surface area contributed by atoms with Crippen molar-refractivity contribution in [1.29, 1.82) is 5.41 Å². The van der Waals surface area contributed by atoms with Crippen molar-refractivity contribution >= 4 is 22.9 Å². The lowest BCUT2D eigenvalue weighted by Crippen LogP contribution is -2.25. The summed E-state index contributed by atoms with van der Waals surface area (Å²) in [4.78, 5) is 13.1. The SMILES string of the molecule is COCCOCCCNc1c(C)c(C)c(N)c2c1C(=N)c1ccccc1C2=O. The molecule has 0 heterocycles. The molecule has 0 saturated heterocycles. The van der Waals surface area contributed by atoms with E-state index in [-0.39, 0.29) is 5.78 Å². The highest BCUT2D eigenvalue weighted by Crippen LogP contribution is 2.39. The highest BCUT2D eigenvalue weighted by Gasteiger charge is 2.33. The van der Waals surface area contributed by atoms with Crippen molar-refractivity contribution in [2.24, 2.45) is 0 Å². The molecule has 2 aromatic carbocycles. The third-order valence-corrected chi connectivity index (χ3v) is 5.23. The Morgan fingerprint density at radius 2 is 1.75 bits per heavy atom. The van der Waals surface area contributed by atoms with Crippen molar-refractivity contribution < 1.29 is 14.3 Å². The Bertz CT molecular complexity index is 922. The van der Waals surface area contributed by atoms with Crippen molar-refractivity contribution in [3.05, 3.63) is 57.6 Å². The molecule has 0 saturated carbocycles. The van der Waals surface area contributed by atoms with Crippen LogP contribution in [0.2, 0.25) is 0 Å². The van der Waals surface area contributed by atoms with E-state index in [9.17, 15) is 4.79 Å². The summed E-state index contributed by atoms with van der Waals surface area (Å²) >= 11 is 0. The molecule has 1 aliphatic carbocycles. The van der Waals surface area contributed by atoms with Crippen LogP contribution in [0.1, 0.15) is 44.6 Å². The predicted octanol–water partition coefficient (Wildman–Crippen LogP) is 3.31. The van der Waals surface area contributed by atoms with E-state index in [0.717, 1.165) is 23.2 Å². The molecular formula is C22H27N3O3. The number of ketones is 1. The molecule has 6 nitrogen and oxygen atoms in total. The van der Waals surface area contributed by atoms with Gasteiger partial charge in [0.2, 0.25) is 0 Å². The van der Waals surface area contributed by atoms with Crippen LogP contribution < -0.4 is 11.1 Å². The second-order valence-corrected chi connectivity index (χ2v) is 6.92. The van der Waals surface area contributed by atoms with Crippen molar-refractivity contribution in [1.82, 2.24) is 0 Å². The number of nitrogens with two attached hydrogens (primary N) is 1. The highest BCUT2D eigenvalue weighted by atomic mass is 16.5. The minimum absolute atomic E-state index is 0.117. The van der Waals surface area contributed by atoms with E-state index in [1.165, 1.54) is 0 Å². The van der Waals surface area contributed by atoms with Crippen LogP contribution in [0, 0.1) is 19.3 Å². The molecule has 0 aromatic heterocycles. The first-order valence-electron chi connectivity index (χ1n) is 9.45. The molecule has 0 amide bonds. The number of nitrogen functional groups attached to an aromatic ring is 1. The van der Waals surface area contributed by atoms with Crippen LogP contribution in [0.25, 0.3) is 0 Å². The van der Waals surface area contributed by atoms with Gasteiger partial charge in [0.1, 0.15) is 0 Å². The maximum absolute atomic E-state index is 13.1. The molecule has 0 fully saturated rings. The summed E-state index contributed by atoms with van der Waals surface area (Å²) in [5, 5.41) is 12.2. The van der Waals surface area contributed by atoms with E-state index >= 15 is 0 Å². The Morgan fingerprint density at radius 3 is 2.46 bits per heavy atom. The summed E-state index contributed by atoms with van der Waals surface area (Å²) in [5.41, 5.74) is 12.0. The minimum Gasteiger partial charge on any atom is -0.398 e. The molecule has 0 unspecified atom stereocenters. The minimum atomic E-state index is -0.117. The Balaban J connectivity index is 1.91. The van der Waals surface area contributed by atoms with Crippen LogP contribution in [-0.4, -0.2) is 45.0 Å². The Hall–Kier alpha value is -2.70. The molecule has 0 atom stereocenters. The van der Waals surface area contributed by atoms with Crippen LogP contribution >= 0.6 is 0 Å². The lowest BCUT2D eigenvalue weighted by molar-refractivity contribution is 0.0705. The monoisotopic (exact) mass is 381 g/mol. The van der Waals surface area contributed by atoms with Crippen LogP contribution in [0.15, 0.2) is 24.3 Å². The van der Waals surface area contributed by atoms with Crippen molar-refractivity contribution in [2.75, 3.05) is 44.5 Å². The molecule has 3 rings (SSSR count). The number of carbonyl (C=O) groups is 1. The highest BCUT2D eigenvalue weighted by molar-refractivity contribution is 6.33. The first-order chi connectivity index (χ1) is 13.5. The van der Waals surface area contributed by atoms with E-state index in [2.05, 4.69) is 5.32 Å². The lowest BCUT2D eigenvalue weighted by Gasteiger charge is -2.27. The number of methoxy groups -OCH3 is 1. The first-order valence-corrected chi connectivity index (χ1v) is 9.45. The fourth-order valence-electron chi connectivity index (χ4n) is 3.53. The number of fused-ring (bicyclic) bond motifs is 2. The lowest BCUT2D eigenvalue weighted by atomic mass is 9.79. The van der Waals surface area contributed by atoms with Gasteiger partial charge in [0.25, 0.3) is 0 Å². The Morgan fingerprint density at radius 1 is 1.04 bits per heavy atom. The van der Waals surface area contributed by atoms with Gasteiger partial charge in [-0.2, -0.15) is 0 Å². The number of hydrogen-bond donors (Lipinski definition) is 3. The average molecular weight is 381 g/mol. The molecule has 1 aliphatic rings. The second-order valence-electron chi connectivity index (χ2n) is 6.92. The fourth-order valence-corrected chi connectivity index (χ4v) is 3.53. The van der Waals surface area contributed by atoms with E-state index < -0.39 is 0 Å². The summed E-state index contributed by atoms with van der Waals surface area (Å²) in [6.07, 6.45) is 0.805. The zero-order valence-electron chi connectivity index (χ0n) is 16.6. The number of hydrogen-bond acceptors (Lipinski definition) is 6. The van der Waals surface area contributed by atoms with Gasteiger partial charge in [0.15, 0.2) is 5.78 Å². The number of benzene rings is 2. The molecule has 0 radical (unpaired) electrons. The molecule has 148 valence electrons. The summed E-state index contributed by atoms with van der Waals surface area (Å²) in [7, 11) is 1.65. The third kappa shape index (κ3) is 3.53.